The summed E-state index contributed by atoms with van der Waals surface area (Å²) in [5.74, 6) is -0.225. The van der Waals surface area contributed by atoms with Crippen molar-refractivity contribution in [3.63, 3.8) is 0 Å². The standard InChI is InChI=1S/C22H24ClN3O6S/c1-15-2-3-16(12-20(15)33(29,30)25-7-10-31-11-8-25)22(28)32-14-21-24-18-5-4-17(23)13-19(18)26(21)6-9-27/h2-5,12-13,27H,6-11,14H2,1H3. The van der Waals surface area contributed by atoms with Gasteiger partial charge in [-0.2, -0.15) is 4.31 Å². The lowest BCUT2D eigenvalue weighted by Gasteiger charge is -2.26. The van der Waals surface area contributed by atoms with Crippen LogP contribution in [0.25, 0.3) is 11.0 Å². The summed E-state index contributed by atoms with van der Waals surface area (Å²) in [6.45, 7) is 2.87. The highest BCUT2D eigenvalue weighted by Crippen LogP contribution is 2.24. The molecule has 1 aromatic heterocycles. The first-order valence-corrected chi connectivity index (χ1v) is 12.2. The minimum Gasteiger partial charge on any atom is -0.454 e. The van der Waals surface area contributed by atoms with Crippen LogP contribution in [0.2, 0.25) is 5.02 Å². The van der Waals surface area contributed by atoms with E-state index in [1.54, 1.807) is 35.8 Å². The van der Waals surface area contributed by atoms with Crippen molar-refractivity contribution in [2.75, 3.05) is 32.9 Å². The third-order valence-corrected chi connectivity index (χ3v) is 7.73. The number of benzene rings is 2. The predicted octanol–water partition coefficient (Wildman–Crippen LogP) is 2.37. The molecule has 2 aromatic carbocycles. The molecule has 0 bridgehead atoms. The molecule has 9 nitrogen and oxygen atoms in total. The fraction of sp³-hybridized carbons (Fsp3) is 0.364. The molecule has 176 valence electrons. The number of morpholine rings is 1. The number of hydrogen-bond donors (Lipinski definition) is 1. The van der Waals surface area contributed by atoms with Gasteiger partial charge in [0.15, 0.2) is 0 Å². The second-order valence-electron chi connectivity index (χ2n) is 7.61. The number of aliphatic hydroxyl groups is 1. The largest absolute Gasteiger partial charge is 0.454 e. The zero-order chi connectivity index (χ0) is 23.6. The van der Waals surface area contributed by atoms with Gasteiger partial charge in [-0.1, -0.05) is 17.7 Å². The number of ether oxygens (including phenoxy) is 2. The molecule has 0 radical (unpaired) electrons. The van der Waals surface area contributed by atoms with E-state index in [0.29, 0.717) is 35.1 Å². The second-order valence-corrected chi connectivity index (χ2v) is 9.95. The highest BCUT2D eigenvalue weighted by molar-refractivity contribution is 7.89. The van der Waals surface area contributed by atoms with Crippen molar-refractivity contribution >= 4 is 38.6 Å². The van der Waals surface area contributed by atoms with Crippen LogP contribution < -0.4 is 0 Å². The molecule has 4 rings (SSSR count). The quantitative estimate of drug-likeness (QED) is 0.503. The van der Waals surface area contributed by atoms with E-state index >= 15 is 0 Å². The number of aromatic nitrogens is 2. The van der Waals surface area contributed by atoms with Crippen molar-refractivity contribution in [3.05, 3.63) is 58.4 Å². The summed E-state index contributed by atoms with van der Waals surface area (Å²) in [6, 6.07) is 9.66. The van der Waals surface area contributed by atoms with E-state index < -0.39 is 16.0 Å². The van der Waals surface area contributed by atoms with Crippen molar-refractivity contribution < 1.29 is 27.8 Å². The highest BCUT2D eigenvalue weighted by atomic mass is 35.5. The van der Waals surface area contributed by atoms with Crippen molar-refractivity contribution in [1.82, 2.24) is 13.9 Å². The maximum Gasteiger partial charge on any atom is 0.338 e. The molecule has 0 atom stereocenters. The zero-order valence-electron chi connectivity index (χ0n) is 18.0. The molecule has 0 aliphatic carbocycles. The molecule has 33 heavy (non-hydrogen) atoms. The molecule has 0 amide bonds. The van der Waals surface area contributed by atoms with Crippen LogP contribution in [0.4, 0.5) is 0 Å². The minimum atomic E-state index is -3.76. The van der Waals surface area contributed by atoms with Crippen LogP contribution in [0.3, 0.4) is 0 Å². The number of carbonyl (C=O) groups excluding carboxylic acids is 1. The monoisotopic (exact) mass is 493 g/mol. The van der Waals surface area contributed by atoms with Crippen molar-refractivity contribution in [2.24, 2.45) is 0 Å². The molecule has 11 heteroatoms. The van der Waals surface area contributed by atoms with Crippen LogP contribution in [0.15, 0.2) is 41.3 Å². The zero-order valence-corrected chi connectivity index (χ0v) is 19.6. The molecule has 0 saturated carbocycles. The number of fused-ring (bicyclic) bond motifs is 1. The molecule has 1 aliphatic heterocycles. The predicted molar refractivity (Wildman–Crippen MR) is 122 cm³/mol. The number of esters is 1. The van der Waals surface area contributed by atoms with Crippen LogP contribution in [0.1, 0.15) is 21.7 Å². The first-order chi connectivity index (χ1) is 15.8. The Labute approximate surface area is 196 Å². The maximum absolute atomic E-state index is 13.1. The van der Waals surface area contributed by atoms with Crippen LogP contribution in [0.5, 0.6) is 0 Å². The van der Waals surface area contributed by atoms with Gasteiger partial charge in [0.25, 0.3) is 0 Å². The Hall–Kier alpha value is -2.50. The minimum absolute atomic E-state index is 0.0704. The summed E-state index contributed by atoms with van der Waals surface area (Å²) in [5.41, 5.74) is 2.05. The van der Waals surface area contributed by atoms with E-state index in [1.807, 2.05) is 0 Å². The summed E-state index contributed by atoms with van der Waals surface area (Å²) in [6.07, 6.45) is 0. The average Bonchev–Trinajstić information content (AvgIpc) is 3.15. The second kappa shape index (κ2) is 9.78. The first kappa shape index (κ1) is 23.7. The van der Waals surface area contributed by atoms with Gasteiger partial charge >= 0.3 is 5.97 Å². The number of carbonyl (C=O) groups is 1. The number of halogens is 1. The van der Waals surface area contributed by atoms with Crippen LogP contribution in [-0.4, -0.2) is 66.3 Å². The lowest BCUT2D eigenvalue weighted by atomic mass is 10.1. The normalized spacial score (nSPS) is 15.1. The third kappa shape index (κ3) is 4.90. The Balaban J connectivity index is 1.56. The SMILES string of the molecule is Cc1ccc(C(=O)OCc2nc3ccc(Cl)cc3n2CCO)cc1S(=O)(=O)N1CCOCC1. The van der Waals surface area contributed by atoms with E-state index in [0.717, 1.165) is 5.52 Å². The molecule has 0 spiro atoms. The Morgan fingerprint density at radius 2 is 1.97 bits per heavy atom. The molecule has 1 saturated heterocycles. The van der Waals surface area contributed by atoms with E-state index in [4.69, 9.17) is 21.1 Å². The fourth-order valence-electron chi connectivity index (χ4n) is 3.75. The third-order valence-electron chi connectivity index (χ3n) is 5.46. The highest BCUT2D eigenvalue weighted by Gasteiger charge is 2.28. The van der Waals surface area contributed by atoms with Crippen LogP contribution in [0, 0.1) is 6.92 Å². The van der Waals surface area contributed by atoms with E-state index in [-0.39, 0.29) is 43.3 Å². The van der Waals surface area contributed by atoms with Gasteiger partial charge in [0, 0.05) is 24.7 Å². The molecule has 3 aromatic rings. The van der Waals surface area contributed by atoms with Gasteiger partial charge in [0.05, 0.1) is 41.3 Å². The number of rotatable bonds is 7. The van der Waals surface area contributed by atoms with Gasteiger partial charge in [-0.05, 0) is 42.8 Å². The van der Waals surface area contributed by atoms with Crippen molar-refractivity contribution in [1.29, 1.82) is 0 Å². The molecule has 1 aliphatic rings. The number of imidazole rings is 1. The summed E-state index contributed by atoms with van der Waals surface area (Å²) in [5, 5.41) is 9.96. The number of hydrogen-bond acceptors (Lipinski definition) is 7. The summed E-state index contributed by atoms with van der Waals surface area (Å²) >= 11 is 6.08. The number of aryl methyl sites for hydroxylation is 1. The molecule has 1 N–H and O–H groups in total. The average molecular weight is 494 g/mol. The number of sulfonamides is 1. The number of nitrogens with zero attached hydrogens (tertiary/aromatic N) is 3. The topological polar surface area (TPSA) is 111 Å². The lowest BCUT2D eigenvalue weighted by Crippen LogP contribution is -2.40. The van der Waals surface area contributed by atoms with Crippen molar-refractivity contribution in [3.8, 4) is 0 Å². The first-order valence-electron chi connectivity index (χ1n) is 10.4. The molecular formula is C22H24ClN3O6S. The van der Waals surface area contributed by atoms with Gasteiger partial charge in [0.2, 0.25) is 10.0 Å². The van der Waals surface area contributed by atoms with Gasteiger partial charge in [-0.3, -0.25) is 0 Å². The van der Waals surface area contributed by atoms with Crippen LogP contribution >= 0.6 is 11.6 Å². The Kier molecular flexibility index (Phi) is 7.01. The summed E-state index contributed by atoms with van der Waals surface area (Å²) in [7, 11) is -3.76. The van der Waals surface area contributed by atoms with E-state index in [1.165, 1.54) is 16.4 Å². The smallest absolute Gasteiger partial charge is 0.338 e. The van der Waals surface area contributed by atoms with Gasteiger partial charge in [-0.15, -0.1) is 0 Å². The van der Waals surface area contributed by atoms with Gasteiger partial charge < -0.3 is 19.1 Å². The summed E-state index contributed by atoms with van der Waals surface area (Å²) in [4.78, 5) is 17.3. The fourth-order valence-corrected chi connectivity index (χ4v) is 5.58. The Morgan fingerprint density at radius 1 is 1.21 bits per heavy atom. The number of aliphatic hydroxyl groups excluding tert-OH is 1. The van der Waals surface area contributed by atoms with Crippen molar-refractivity contribution in [2.45, 2.75) is 25.0 Å². The Morgan fingerprint density at radius 3 is 2.70 bits per heavy atom. The van der Waals surface area contributed by atoms with E-state index in [9.17, 15) is 18.3 Å². The summed E-state index contributed by atoms with van der Waals surface area (Å²) < 4.78 is 39.9. The molecule has 1 fully saturated rings. The molecular weight excluding hydrogens is 470 g/mol. The van der Waals surface area contributed by atoms with Crippen LogP contribution in [-0.2, 0) is 32.6 Å². The lowest BCUT2D eigenvalue weighted by molar-refractivity contribution is 0.0457. The molecule has 0 unspecified atom stereocenters. The van der Waals surface area contributed by atoms with Gasteiger partial charge in [0.1, 0.15) is 12.4 Å². The molecule has 2 heterocycles. The van der Waals surface area contributed by atoms with E-state index in [2.05, 4.69) is 4.98 Å². The van der Waals surface area contributed by atoms with Gasteiger partial charge in [-0.25, -0.2) is 18.2 Å². The maximum atomic E-state index is 13.1. The Bertz CT molecular complexity index is 1280.